The molecule has 0 fully saturated rings. The molecule has 1 rings (SSSR count). The zero-order chi connectivity index (χ0) is 10.6. The topological polar surface area (TPSA) is 35.2 Å². The van der Waals surface area contributed by atoms with Gasteiger partial charge in [0.25, 0.3) is 0 Å². The van der Waals surface area contributed by atoms with E-state index in [2.05, 4.69) is 11.3 Å². The summed E-state index contributed by atoms with van der Waals surface area (Å²) in [4.78, 5) is 0. The summed E-state index contributed by atoms with van der Waals surface area (Å²) in [5, 5.41) is 0. The van der Waals surface area contributed by atoms with Crippen molar-refractivity contribution < 1.29 is 13.5 Å². The standard InChI is InChI=1S/C10H11F2NO/c1-2-9(13)7-3-5-8(6-4-7)14-10(11)12/h2-6,9-10H,1,13H2/t9-/m1/s1. The Morgan fingerprint density at radius 2 is 1.86 bits per heavy atom. The van der Waals surface area contributed by atoms with Crippen molar-refractivity contribution in [2.75, 3.05) is 0 Å². The number of alkyl halides is 2. The van der Waals surface area contributed by atoms with Gasteiger partial charge in [-0.1, -0.05) is 18.2 Å². The van der Waals surface area contributed by atoms with Crippen LogP contribution in [0.3, 0.4) is 0 Å². The van der Waals surface area contributed by atoms with E-state index < -0.39 is 6.61 Å². The monoisotopic (exact) mass is 199 g/mol. The quantitative estimate of drug-likeness (QED) is 0.756. The van der Waals surface area contributed by atoms with Gasteiger partial charge in [-0.15, -0.1) is 6.58 Å². The Hall–Kier alpha value is -1.42. The number of halogens is 2. The summed E-state index contributed by atoms with van der Waals surface area (Å²) < 4.78 is 27.7. The highest BCUT2D eigenvalue weighted by Gasteiger charge is 2.05. The lowest BCUT2D eigenvalue weighted by Gasteiger charge is -2.08. The Balaban J connectivity index is 2.73. The third-order valence-corrected chi connectivity index (χ3v) is 1.74. The fourth-order valence-electron chi connectivity index (χ4n) is 1.01. The van der Waals surface area contributed by atoms with E-state index in [0.717, 1.165) is 5.56 Å². The predicted octanol–water partition coefficient (Wildman–Crippen LogP) is 2.47. The normalized spacial score (nSPS) is 12.6. The maximum absolute atomic E-state index is 11.8. The van der Waals surface area contributed by atoms with Crippen LogP contribution < -0.4 is 10.5 Å². The molecule has 76 valence electrons. The molecule has 1 atom stereocenters. The average molecular weight is 199 g/mol. The smallest absolute Gasteiger partial charge is 0.387 e. The molecule has 0 amide bonds. The second-order valence-corrected chi connectivity index (χ2v) is 2.71. The van der Waals surface area contributed by atoms with Crippen LogP contribution in [0.5, 0.6) is 5.75 Å². The van der Waals surface area contributed by atoms with E-state index >= 15 is 0 Å². The van der Waals surface area contributed by atoms with Gasteiger partial charge in [-0.25, -0.2) is 0 Å². The van der Waals surface area contributed by atoms with Crippen LogP contribution in [-0.4, -0.2) is 6.61 Å². The van der Waals surface area contributed by atoms with Crippen molar-refractivity contribution in [3.05, 3.63) is 42.5 Å². The summed E-state index contributed by atoms with van der Waals surface area (Å²) in [5.74, 6) is 0.125. The molecule has 14 heavy (non-hydrogen) atoms. The first-order valence-corrected chi connectivity index (χ1v) is 4.06. The van der Waals surface area contributed by atoms with Crippen LogP contribution in [-0.2, 0) is 0 Å². The van der Waals surface area contributed by atoms with Crippen molar-refractivity contribution in [2.45, 2.75) is 12.7 Å². The highest BCUT2D eigenvalue weighted by molar-refractivity contribution is 5.30. The summed E-state index contributed by atoms with van der Waals surface area (Å²) in [6.45, 7) is 0.734. The van der Waals surface area contributed by atoms with Crippen LogP contribution in [0.4, 0.5) is 8.78 Å². The van der Waals surface area contributed by atoms with Crippen LogP contribution >= 0.6 is 0 Å². The largest absolute Gasteiger partial charge is 0.435 e. The van der Waals surface area contributed by atoms with E-state index in [9.17, 15) is 8.78 Å². The van der Waals surface area contributed by atoms with Gasteiger partial charge in [-0.2, -0.15) is 8.78 Å². The van der Waals surface area contributed by atoms with Crippen LogP contribution in [0.25, 0.3) is 0 Å². The van der Waals surface area contributed by atoms with Crippen molar-refractivity contribution in [2.24, 2.45) is 5.73 Å². The van der Waals surface area contributed by atoms with E-state index in [1.54, 1.807) is 18.2 Å². The molecule has 0 aliphatic rings. The summed E-state index contributed by atoms with van der Waals surface area (Å²) in [5.41, 5.74) is 6.45. The first kappa shape index (κ1) is 10.7. The molecule has 2 N–H and O–H groups in total. The number of benzene rings is 1. The van der Waals surface area contributed by atoms with Crippen molar-refractivity contribution in [1.82, 2.24) is 0 Å². The SMILES string of the molecule is C=C[C@@H](N)c1ccc(OC(F)F)cc1. The first-order chi connectivity index (χ1) is 6.63. The minimum atomic E-state index is -2.80. The zero-order valence-electron chi connectivity index (χ0n) is 7.49. The van der Waals surface area contributed by atoms with E-state index in [1.165, 1.54) is 12.1 Å². The van der Waals surface area contributed by atoms with Crippen LogP contribution in [0.2, 0.25) is 0 Å². The van der Waals surface area contributed by atoms with Crippen molar-refractivity contribution in [3.63, 3.8) is 0 Å². The fraction of sp³-hybridized carbons (Fsp3) is 0.200. The molecule has 0 aliphatic heterocycles. The first-order valence-electron chi connectivity index (χ1n) is 4.06. The van der Waals surface area contributed by atoms with Gasteiger partial charge in [-0.3, -0.25) is 0 Å². The van der Waals surface area contributed by atoms with Crippen LogP contribution in [0, 0.1) is 0 Å². The van der Waals surface area contributed by atoms with Gasteiger partial charge >= 0.3 is 6.61 Å². The molecule has 0 spiro atoms. The van der Waals surface area contributed by atoms with Crippen molar-refractivity contribution in [3.8, 4) is 5.75 Å². The molecular weight excluding hydrogens is 188 g/mol. The summed E-state index contributed by atoms with van der Waals surface area (Å²) >= 11 is 0. The lowest BCUT2D eigenvalue weighted by Crippen LogP contribution is -2.06. The summed E-state index contributed by atoms with van der Waals surface area (Å²) in [6, 6.07) is 5.87. The van der Waals surface area contributed by atoms with Gasteiger partial charge in [-0.05, 0) is 17.7 Å². The lowest BCUT2D eigenvalue weighted by atomic mass is 10.1. The number of hydrogen-bond donors (Lipinski definition) is 1. The Kier molecular flexibility index (Phi) is 3.59. The molecule has 0 unspecified atom stereocenters. The van der Waals surface area contributed by atoms with Gasteiger partial charge in [0, 0.05) is 6.04 Å². The van der Waals surface area contributed by atoms with E-state index in [4.69, 9.17) is 5.73 Å². The number of hydrogen-bond acceptors (Lipinski definition) is 2. The van der Waals surface area contributed by atoms with Gasteiger partial charge < -0.3 is 10.5 Å². The predicted molar refractivity (Wildman–Crippen MR) is 50.2 cm³/mol. The third-order valence-electron chi connectivity index (χ3n) is 1.74. The average Bonchev–Trinajstić information content (AvgIpc) is 2.17. The molecule has 2 nitrogen and oxygen atoms in total. The van der Waals surface area contributed by atoms with E-state index in [0.29, 0.717) is 0 Å². The maximum atomic E-state index is 11.8. The zero-order valence-corrected chi connectivity index (χ0v) is 7.49. The molecule has 0 aliphatic carbocycles. The molecule has 0 saturated heterocycles. The fourth-order valence-corrected chi connectivity index (χ4v) is 1.01. The Labute approximate surface area is 81.0 Å². The molecule has 0 heterocycles. The summed E-state index contributed by atoms with van der Waals surface area (Å²) in [7, 11) is 0. The number of nitrogens with two attached hydrogens (primary N) is 1. The number of rotatable bonds is 4. The van der Waals surface area contributed by atoms with Gasteiger partial charge in [0.15, 0.2) is 0 Å². The third kappa shape index (κ3) is 2.81. The van der Waals surface area contributed by atoms with E-state index in [-0.39, 0.29) is 11.8 Å². The van der Waals surface area contributed by atoms with Crippen LogP contribution in [0.1, 0.15) is 11.6 Å². The maximum Gasteiger partial charge on any atom is 0.387 e. The van der Waals surface area contributed by atoms with E-state index in [1.807, 2.05) is 0 Å². The van der Waals surface area contributed by atoms with Crippen molar-refractivity contribution in [1.29, 1.82) is 0 Å². The molecule has 0 aromatic heterocycles. The molecule has 4 heteroatoms. The molecule has 0 bridgehead atoms. The highest BCUT2D eigenvalue weighted by atomic mass is 19.3. The number of ether oxygens (including phenoxy) is 1. The molecular formula is C10H11F2NO. The Morgan fingerprint density at radius 1 is 1.29 bits per heavy atom. The second kappa shape index (κ2) is 4.72. The van der Waals surface area contributed by atoms with Gasteiger partial charge in [0.2, 0.25) is 0 Å². The van der Waals surface area contributed by atoms with Crippen LogP contribution in [0.15, 0.2) is 36.9 Å². The molecule has 0 saturated carbocycles. The molecule has 1 aromatic rings. The lowest BCUT2D eigenvalue weighted by molar-refractivity contribution is -0.0498. The Morgan fingerprint density at radius 3 is 2.29 bits per heavy atom. The van der Waals surface area contributed by atoms with Gasteiger partial charge in [0.1, 0.15) is 5.75 Å². The molecule has 1 aromatic carbocycles. The minimum Gasteiger partial charge on any atom is -0.435 e. The molecule has 0 radical (unpaired) electrons. The van der Waals surface area contributed by atoms with Gasteiger partial charge in [0.05, 0.1) is 0 Å². The minimum absolute atomic E-state index is 0.125. The van der Waals surface area contributed by atoms with Crippen molar-refractivity contribution >= 4 is 0 Å². The Bertz CT molecular complexity index is 297. The highest BCUT2D eigenvalue weighted by Crippen LogP contribution is 2.18. The summed E-state index contributed by atoms with van der Waals surface area (Å²) in [6.07, 6.45) is 1.57. The second-order valence-electron chi connectivity index (χ2n) is 2.71.